The van der Waals surface area contributed by atoms with Gasteiger partial charge in [-0.1, -0.05) is 34.6 Å². The predicted molar refractivity (Wildman–Crippen MR) is 83.8 cm³/mol. The summed E-state index contributed by atoms with van der Waals surface area (Å²) < 4.78 is 28.8. The summed E-state index contributed by atoms with van der Waals surface area (Å²) in [5.74, 6) is 0. The molecule has 0 atom stereocenters. The Bertz CT molecular complexity index is 404. The van der Waals surface area contributed by atoms with E-state index in [2.05, 4.69) is 44.7 Å². The van der Waals surface area contributed by atoms with E-state index in [4.69, 9.17) is 0 Å². The fraction of sp³-hybridized carbons (Fsp3) is 1.00. The average molecular weight is 305 g/mol. The van der Waals surface area contributed by atoms with E-state index in [9.17, 15) is 8.42 Å². The third kappa shape index (κ3) is 3.72. The van der Waals surface area contributed by atoms with E-state index in [1.54, 1.807) is 7.05 Å². The predicted octanol–water partition coefficient (Wildman–Crippen LogP) is 1.58. The van der Waals surface area contributed by atoms with E-state index in [0.29, 0.717) is 6.54 Å². The zero-order valence-electron chi connectivity index (χ0n) is 13.8. The smallest absolute Gasteiger partial charge is 0.279 e. The normalized spacial score (nSPS) is 21.4. The summed E-state index contributed by atoms with van der Waals surface area (Å²) in [5, 5.41) is 3.28. The maximum absolute atomic E-state index is 12.3. The summed E-state index contributed by atoms with van der Waals surface area (Å²) in [4.78, 5) is 0. The van der Waals surface area contributed by atoms with Crippen molar-refractivity contribution in [1.29, 1.82) is 0 Å². The minimum atomic E-state index is -3.38. The molecule has 6 heteroatoms. The Kier molecular flexibility index (Phi) is 5.63. The maximum Gasteiger partial charge on any atom is 0.279 e. The highest BCUT2D eigenvalue weighted by atomic mass is 32.2. The molecule has 0 aromatic carbocycles. The molecule has 0 aromatic rings. The Morgan fingerprint density at radius 1 is 1.10 bits per heavy atom. The van der Waals surface area contributed by atoms with Crippen LogP contribution in [0, 0.1) is 10.8 Å². The first kappa shape index (κ1) is 17.9. The van der Waals surface area contributed by atoms with Crippen LogP contribution in [0.1, 0.15) is 47.5 Å². The standard InChI is InChI=1S/C14H31N3O2S/c1-7-9-15-10-8-11-17(6)20(18,19)16-12-13(2,3)14(12,4)5/h12,15-16H,7-11H2,1-6H3. The highest BCUT2D eigenvalue weighted by molar-refractivity contribution is 7.87. The molecule has 1 saturated carbocycles. The molecule has 1 aliphatic rings. The van der Waals surface area contributed by atoms with Crippen molar-refractivity contribution in [3.8, 4) is 0 Å². The Hall–Kier alpha value is -0.170. The first-order valence-corrected chi connectivity index (χ1v) is 8.95. The summed E-state index contributed by atoms with van der Waals surface area (Å²) in [6.45, 7) is 12.9. The van der Waals surface area contributed by atoms with Gasteiger partial charge in [0.2, 0.25) is 0 Å². The number of rotatable bonds is 9. The van der Waals surface area contributed by atoms with Crippen LogP contribution >= 0.6 is 0 Å². The van der Waals surface area contributed by atoms with Crippen molar-refractivity contribution < 1.29 is 8.42 Å². The monoisotopic (exact) mass is 305 g/mol. The Morgan fingerprint density at radius 3 is 2.10 bits per heavy atom. The first-order chi connectivity index (χ1) is 9.07. The molecule has 0 amide bonds. The van der Waals surface area contributed by atoms with E-state index < -0.39 is 10.2 Å². The molecule has 1 rings (SSSR count). The van der Waals surface area contributed by atoms with Crippen LogP contribution < -0.4 is 10.0 Å². The van der Waals surface area contributed by atoms with Gasteiger partial charge >= 0.3 is 0 Å². The molecule has 0 saturated heterocycles. The van der Waals surface area contributed by atoms with Gasteiger partial charge in [0, 0.05) is 19.6 Å². The molecule has 0 spiro atoms. The van der Waals surface area contributed by atoms with Gasteiger partial charge in [-0.25, -0.2) is 0 Å². The van der Waals surface area contributed by atoms with Gasteiger partial charge in [0.1, 0.15) is 0 Å². The maximum atomic E-state index is 12.3. The molecule has 0 bridgehead atoms. The van der Waals surface area contributed by atoms with Crippen LogP contribution in [0.3, 0.4) is 0 Å². The van der Waals surface area contributed by atoms with Crippen molar-refractivity contribution in [2.75, 3.05) is 26.7 Å². The van der Waals surface area contributed by atoms with Crippen LogP contribution in [-0.4, -0.2) is 45.4 Å². The molecule has 2 N–H and O–H groups in total. The van der Waals surface area contributed by atoms with Gasteiger partial charge in [0.15, 0.2) is 0 Å². The lowest BCUT2D eigenvalue weighted by molar-refractivity contribution is 0.439. The molecule has 0 radical (unpaired) electrons. The molecule has 5 nitrogen and oxygen atoms in total. The van der Waals surface area contributed by atoms with Crippen molar-refractivity contribution in [3.63, 3.8) is 0 Å². The summed E-state index contributed by atoms with van der Waals surface area (Å²) in [7, 11) is -1.73. The van der Waals surface area contributed by atoms with Crippen LogP contribution in [0.15, 0.2) is 0 Å². The fourth-order valence-corrected chi connectivity index (χ4v) is 4.02. The number of hydrogen-bond acceptors (Lipinski definition) is 3. The molecule has 0 aromatic heterocycles. The number of hydrogen-bond donors (Lipinski definition) is 2. The molecule has 1 aliphatic carbocycles. The third-order valence-corrected chi connectivity index (χ3v) is 6.49. The zero-order valence-corrected chi connectivity index (χ0v) is 14.6. The molecule has 0 aliphatic heterocycles. The Balaban J connectivity index is 2.41. The van der Waals surface area contributed by atoms with Crippen molar-refractivity contribution in [3.05, 3.63) is 0 Å². The lowest BCUT2D eigenvalue weighted by Gasteiger charge is -2.18. The second-order valence-electron chi connectivity index (χ2n) is 6.92. The molecule has 120 valence electrons. The second-order valence-corrected chi connectivity index (χ2v) is 8.73. The lowest BCUT2D eigenvalue weighted by atomic mass is 10.0. The van der Waals surface area contributed by atoms with Crippen molar-refractivity contribution >= 4 is 10.2 Å². The lowest BCUT2D eigenvalue weighted by Crippen LogP contribution is -2.42. The first-order valence-electron chi connectivity index (χ1n) is 7.51. The average Bonchev–Trinajstić information content (AvgIpc) is 2.71. The number of nitrogens with one attached hydrogen (secondary N) is 2. The van der Waals surface area contributed by atoms with Crippen LogP contribution in [0.2, 0.25) is 0 Å². The van der Waals surface area contributed by atoms with Gasteiger partial charge in [-0.2, -0.15) is 17.4 Å². The van der Waals surface area contributed by atoms with E-state index in [1.165, 1.54) is 4.31 Å². The van der Waals surface area contributed by atoms with E-state index in [-0.39, 0.29) is 16.9 Å². The molecule has 1 fully saturated rings. The van der Waals surface area contributed by atoms with Crippen LogP contribution in [0.4, 0.5) is 0 Å². The van der Waals surface area contributed by atoms with Gasteiger partial charge in [-0.15, -0.1) is 0 Å². The molecule has 20 heavy (non-hydrogen) atoms. The SMILES string of the molecule is CCCNCCCN(C)S(=O)(=O)NC1C(C)(C)C1(C)C. The quantitative estimate of drug-likeness (QED) is 0.636. The highest BCUT2D eigenvalue weighted by Crippen LogP contribution is 2.62. The van der Waals surface area contributed by atoms with Gasteiger partial charge in [-0.3, -0.25) is 0 Å². The topological polar surface area (TPSA) is 61.4 Å². The van der Waals surface area contributed by atoms with Crippen molar-refractivity contribution in [2.45, 2.75) is 53.5 Å². The Morgan fingerprint density at radius 2 is 1.65 bits per heavy atom. The molecule has 0 unspecified atom stereocenters. The molecule has 0 heterocycles. The largest absolute Gasteiger partial charge is 0.317 e. The van der Waals surface area contributed by atoms with Gasteiger partial charge in [-0.05, 0) is 36.8 Å². The fourth-order valence-electron chi connectivity index (χ4n) is 2.58. The van der Waals surface area contributed by atoms with Crippen LogP contribution in [0.5, 0.6) is 0 Å². The Labute approximate surface area is 124 Å². The van der Waals surface area contributed by atoms with E-state index in [0.717, 1.165) is 25.9 Å². The van der Waals surface area contributed by atoms with Gasteiger partial charge in [0.05, 0.1) is 0 Å². The molecular formula is C14H31N3O2S. The van der Waals surface area contributed by atoms with E-state index >= 15 is 0 Å². The zero-order chi connectivity index (χ0) is 15.6. The summed E-state index contributed by atoms with van der Waals surface area (Å²) in [6, 6.07) is 0.0145. The highest BCUT2D eigenvalue weighted by Gasteiger charge is 2.66. The van der Waals surface area contributed by atoms with Crippen molar-refractivity contribution in [2.24, 2.45) is 10.8 Å². The molecular weight excluding hydrogens is 274 g/mol. The van der Waals surface area contributed by atoms with Gasteiger partial charge < -0.3 is 5.32 Å². The summed E-state index contributed by atoms with van der Waals surface area (Å²) in [6.07, 6.45) is 1.93. The summed E-state index contributed by atoms with van der Waals surface area (Å²) in [5.41, 5.74) is 0.0349. The van der Waals surface area contributed by atoms with Crippen LogP contribution in [0.25, 0.3) is 0 Å². The summed E-state index contributed by atoms with van der Waals surface area (Å²) >= 11 is 0. The third-order valence-electron chi connectivity index (χ3n) is 4.95. The number of nitrogens with zero attached hydrogens (tertiary/aromatic N) is 1. The second kappa shape index (κ2) is 6.30. The van der Waals surface area contributed by atoms with Crippen LogP contribution in [-0.2, 0) is 10.2 Å². The van der Waals surface area contributed by atoms with Gasteiger partial charge in [0.25, 0.3) is 10.2 Å². The minimum Gasteiger partial charge on any atom is -0.317 e. The van der Waals surface area contributed by atoms with Crippen molar-refractivity contribution in [1.82, 2.24) is 14.3 Å². The minimum absolute atomic E-state index is 0.0145. The van der Waals surface area contributed by atoms with E-state index in [1.807, 2.05) is 0 Å².